The van der Waals surface area contributed by atoms with Gasteiger partial charge in [-0.15, -0.1) is 0 Å². The van der Waals surface area contributed by atoms with Crippen LogP contribution in [0.25, 0.3) is 11.6 Å². The molecule has 0 fully saturated rings. The van der Waals surface area contributed by atoms with E-state index >= 15 is 0 Å². The molecule has 19 heavy (non-hydrogen) atoms. The molecule has 0 atom stereocenters. The van der Waals surface area contributed by atoms with Crippen molar-refractivity contribution in [1.29, 1.82) is 0 Å². The average Bonchev–Trinajstić information content (AvgIpc) is 3.00. The van der Waals surface area contributed by atoms with Gasteiger partial charge in [-0.3, -0.25) is 10.1 Å². The highest BCUT2D eigenvalue weighted by molar-refractivity contribution is 5.93. The minimum absolute atomic E-state index is 0.281. The Bertz CT molecular complexity index is 677. The normalized spacial score (nSPS) is 15.3. The van der Waals surface area contributed by atoms with E-state index in [1.165, 1.54) is 12.1 Å². The molecule has 0 spiro atoms. The molecule has 0 radical (unpaired) electrons. The van der Waals surface area contributed by atoms with Crippen LogP contribution in [0, 0.1) is 15.9 Å². The first kappa shape index (κ1) is 11.5. The molecular formula is C13H10FN3O2. The number of H-pyrrole nitrogens is 1. The van der Waals surface area contributed by atoms with E-state index in [-0.39, 0.29) is 5.56 Å². The van der Waals surface area contributed by atoms with Crippen LogP contribution >= 0.6 is 0 Å². The van der Waals surface area contributed by atoms with Gasteiger partial charge in [0, 0.05) is 35.8 Å². The van der Waals surface area contributed by atoms with Crippen LogP contribution in [0.2, 0.25) is 0 Å². The van der Waals surface area contributed by atoms with Crippen LogP contribution in [-0.2, 0) is 0 Å². The van der Waals surface area contributed by atoms with Crippen molar-refractivity contribution in [3.63, 3.8) is 0 Å². The van der Waals surface area contributed by atoms with Crippen LogP contribution in [0.15, 0.2) is 30.5 Å². The lowest BCUT2D eigenvalue weighted by Crippen LogP contribution is -1.95. The van der Waals surface area contributed by atoms with Crippen molar-refractivity contribution < 1.29 is 9.31 Å². The van der Waals surface area contributed by atoms with Gasteiger partial charge in [0.1, 0.15) is 0 Å². The van der Waals surface area contributed by atoms with Gasteiger partial charge in [-0.2, -0.15) is 4.39 Å². The highest BCUT2D eigenvalue weighted by atomic mass is 19.1. The van der Waals surface area contributed by atoms with E-state index in [0.29, 0.717) is 17.8 Å². The predicted molar refractivity (Wildman–Crippen MR) is 70.2 cm³/mol. The Hall–Kier alpha value is -2.63. The van der Waals surface area contributed by atoms with Crippen molar-refractivity contribution in [1.82, 2.24) is 4.98 Å². The van der Waals surface area contributed by atoms with Gasteiger partial charge in [0.25, 0.3) is 0 Å². The van der Waals surface area contributed by atoms with Gasteiger partial charge < -0.3 is 10.3 Å². The number of hydrogen-bond donors (Lipinski definition) is 2. The lowest BCUT2D eigenvalue weighted by atomic mass is 10.0. The Morgan fingerprint density at radius 2 is 2.21 bits per heavy atom. The first-order chi connectivity index (χ1) is 9.16. The number of nitrogens with one attached hydrogen (secondary N) is 2. The third-order valence-corrected chi connectivity index (χ3v) is 3.06. The number of rotatable bonds is 2. The molecular weight excluding hydrogens is 249 g/mol. The number of nitrogens with zero attached hydrogens (tertiary/aromatic N) is 1. The summed E-state index contributed by atoms with van der Waals surface area (Å²) in [6, 6.07) is 6.39. The van der Waals surface area contributed by atoms with Crippen LogP contribution in [0.4, 0.5) is 15.8 Å². The van der Waals surface area contributed by atoms with Crippen molar-refractivity contribution in [2.45, 2.75) is 0 Å². The molecule has 1 aromatic carbocycles. The zero-order valence-corrected chi connectivity index (χ0v) is 9.81. The van der Waals surface area contributed by atoms with Gasteiger partial charge in [0.05, 0.1) is 4.92 Å². The fraction of sp³-hybridized carbons (Fsp3) is 0.0769. The molecule has 6 heteroatoms. The molecule has 0 aliphatic carbocycles. The minimum Gasteiger partial charge on any atom is -0.380 e. The molecule has 0 amide bonds. The minimum atomic E-state index is -0.787. The van der Waals surface area contributed by atoms with Crippen molar-refractivity contribution >= 4 is 23.0 Å². The molecule has 0 saturated carbocycles. The molecule has 0 unspecified atom stereocenters. The Balaban J connectivity index is 2.13. The molecule has 96 valence electrons. The van der Waals surface area contributed by atoms with Crippen LogP contribution in [0.3, 0.4) is 0 Å². The predicted octanol–water partition coefficient (Wildman–Crippen LogP) is 3.03. The van der Waals surface area contributed by atoms with E-state index < -0.39 is 16.4 Å². The number of nitro groups is 1. The summed E-state index contributed by atoms with van der Waals surface area (Å²) in [4.78, 5) is 13.0. The Labute approximate surface area is 107 Å². The molecule has 0 bridgehead atoms. The highest BCUT2D eigenvalue weighted by Crippen LogP contribution is 2.37. The summed E-state index contributed by atoms with van der Waals surface area (Å²) >= 11 is 0. The quantitative estimate of drug-likeness (QED) is 0.643. The van der Waals surface area contributed by atoms with E-state index in [1.54, 1.807) is 12.3 Å². The largest absolute Gasteiger partial charge is 0.380 e. The van der Waals surface area contributed by atoms with E-state index in [9.17, 15) is 14.5 Å². The van der Waals surface area contributed by atoms with Gasteiger partial charge in [-0.05, 0) is 29.8 Å². The molecule has 5 nitrogen and oxygen atoms in total. The molecule has 0 saturated heterocycles. The number of aromatic amines is 1. The molecule has 1 aliphatic heterocycles. The highest BCUT2D eigenvalue weighted by Gasteiger charge is 2.27. The number of fused-ring (bicyclic) bond motifs is 1. The summed E-state index contributed by atoms with van der Waals surface area (Å²) in [5, 5.41) is 13.8. The average molecular weight is 259 g/mol. The first-order valence-electron chi connectivity index (χ1n) is 5.72. The number of nitro benzene ring substituents is 1. The zero-order valence-electron chi connectivity index (χ0n) is 9.81. The number of aromatic nitrogens is 1. The van der Waals surface area contributed by atoms with Crippen molar-refractivity contribution in [2.75, 3.05) is 11.9 Å². The lowest BCUT2D eigenvalue weighted by molar-refractivity contribution is -0.387. The van der Waals surface area contributed by atoms with Crippen molar-refractivity contribution in [3.8, 4) is 0 Å². The Kier molecular flexibility index (Phi) is 2.56. The van der Waals surface area contributed by atoms with E-state index in [1.807, 2.05) is 12.1 Å². The first-order valence-corrected chi connectivity index (χ1v) is 5.72. The maximum Gasteiger partial charge on any atom is 0.305 e. The summed E-state index contributed by atoms with van der Waals surface area (Å²) in [7, 11) is 0. The molecule has 2 N–H and O–H groups in total. The Morgan fingerprint density at radius 3 is 2.89 bits per heavy atom. The maximum atomic E-state index is 14.2. The van der Waals surface area contributed by atoms with Crippen LogP contribution in [-0.4, -0.2) is 16.5 Å². The second-order valence-electron chi connectivity index (χ2n) is 4.23. The van der Waals surface area contributed by atoms with Gasteiger partial charge >= 0.3 is 5.69 Å². The third kappa shape index (κ3) is 1.87. The number of halogens is 1. The summed E-state index contributed by atoms with van der Waals surface area (Å²) in [5.41, 5.74) is 1.89. The summed E-state index contributed by atoms with van der Waals surface area (Å²) in [5.74, 6) is -0.787. The molecule has 2 heterocycles. The number of benzene rings is 1. The zero-order chi connectivity index (χ0) is 13.4. The summed E-state index contributed by atoms with van der Waals surface area (Å²) < 4.78 is 14.2. The summed E-state index contributed by atoms with van der Waals surface area (Å²) in [6.07, 6.45) is 3.55. The third-order valence-electron chi connectivity index (χ3n) is 3.06. The molecule has 1 aromatic heterocycles. The van der Waals surface area contributed by atoms with Gasteiger partial charge in [-0.25, -0.2) is 0 Å². The van der Waals surface area contributed by atoms with Crippen LogP contribution in [0.5, 0.6) is 0 Å². The van der Waals surface area contributed by atoms with Crippen LogP contribution in [0.1, 0.15) is 11.3 Å². The monoisotopic (exact) mass is 259 g/mol. The lowest BCUT2D eigenvalue weighted by Gasteiger charge is -2.02. The van der Waals surface area contributed by atoms with E-state index in [4.69, 9.17) is 0 Å². The van der Waals surface area contributed by atoms with Crippen molar-refractivity contribution in [2.24, 2.45) is 0 Å². The summed E-state index contributed by atoms with van der Waals surface area (Å²) in [6.45, 7) is 0.451. The smallest absolute Gasteiger partial charge is 0.305 e. The maximum absolute atomic E-state index is 14.2. The molecule has 1 aliphatic rings. The fourth-order valence-corrected chi connectivity index (χ4v) is 2.19. The number of anilines is 1. The Morgan fingerprint density at radius 1 is 1.37 bits per heavy atom. The molecule has 3 rings (SSSR count). The second-order valence-corrected chi connectivity index (χ2v) is 4.23. The second kappa shape index (κ2) is 4.24. The fourth-order valence-electron chi connectivity index (χ4n) is 2.19. The van der Waals surface area contributed by atoms with Crippen molar-refractivity contribution in [3.05, 3.63) is 57.7 Å². The molecule has 2 aromatic rings. The van der Waals surface area contributed by atoms with E-state index in [2.05, 4.69) is 10.3 Å². The van der Waals surface area contributed by atoms with E-state index in [0.717, 1.165) is 5.69 Å². The number of hydrogen-bond acceptors (Lipinski definition) is 3. The van der Waals surface area contributed by atoms with Gasteiger partial charge in [-0.1, -0.05) is 0 Å². The topological polar surface area (TPSA) is 71.0 Å². The van der Waals surface area contributed by atoms with Gasteiger partial charge in [0.2, 0.25) is 5.82 Å². The van der Waals surface area contributed by atoms with Crippen LogP contribution < -0.4 is 5.32 Å². The SMILES string of the molecule is O=[N+]([O-])c1ccc2c(c1F)/C(=C/c1ccc[nH]1)CN2. The van der Waals surface area contributed by atoms with Gasteiger partial charge in [0.15, 0.2) is 0 Å². The standard InChI is InChI=1S/C13H10FN3O2/c14-13-11(17(18)19)4-3-10-12(13)8(7-16-10)6-9-2-1-5-15-9/h1-6,15-16H,7H2/b8-6+.